The number of Topliss-reactive ketones (excluding diaryl/α,β-unsaturated/α-hetero) is 1. The highest BCUT2D eigenvalue weighted by Gasteiger charge is 2.16. The summed E-state index contributed by atoms with van der Waals surface area (Å²) in [4.78, 5) is 10.5. The van der Waals surface area contributed by atoms with Crippen molar-refractivity contribution in [3.05, 3.63) is 0 Å². The summed E-state index contributed by atoms with van der Waals surface area (Å²) in [6.45, 7) is 3.04. The van der Waals surface area contributed by atoms with Gasteiger partial charge in [-0.15, -0.1) is 3.89 Å². The van der Waals surface area contributed by atoms with Gasteiger partial charge in [0.15, 0.2) is 5.78 Å². The Kier molecular flexibility index (Phi) is 2.96. The van der Waals surface area contributed by atoms with Gasteiger partial charge in [0, 0.05) is 5.92 Å². The van der Waals surface area contributed by atoms with E-state index >= 15 is 0 Å². The highest BCUT2D eigenvalue weighted by Crippen LogP contribution is 1.99. The summed E-state index contributed by atoms with van der Waals surface area (Å²) in [5, 5.41) is 0. The zero-order chi connectivity index (χ0) is 8.36. The third-order valence-electron chi connectivity index (χ3n) is 0.959. The molecule has 0 unspecified atom stereocenters. The summed E-state index contributed by atoms with van der Waals surface area (Å²) >= 11 is 0. The first-order chi connectivity index (χ1) is 4.33. The lowest BCUT2D eigenvalue weighted by Crippen LogP contribution is -2.16. The van der Waals surface area contributed by atoms with Crippen LogP contribution in [-0.4, -0.2) is 20.0 Å². The molecule has 0 spiro atoms. The predicted molar refractivity (Wildman–Crippen MR) is 34.7 cm³/mol. The third-order valence-corrected chi connectivity index (χ3v) is 1.59. The Morgan fingerprint density at radius 1 is 1.50 bits per heavy atom. The number of carbonyl (C=O) groups excluding carboxylic acids is 1. The van der Waals surface area contributed by atoms with Crippen LogP contribution in [0.15, 0.2) is 0 Å². The molecule has 0 heterocycles. The molecule has 0 radical (unpaired) electrons. The van der Waals surface area contributed by atoms with Gasteiger partial charge in [-0.3, -0.25) is 4.79 Å². The van der Waals surface area contributed by atoms with Crippen LogP contribution in [0.5, 0.6) is 0 Å². The number of hydrogen-bond acceptors (Lipinski definition) is 3. The number of carbonyl (C=O) groups is 1. The SMILES string of the molecule is CC(C)C(=O)CS(=O)(=O)F. The second-order valence-corrected chi connectivity index (χ2v) is 3.67. The zero-order valence-corrected chi connectivity index (χ0v) is 6.61. The molecule has 0 aliphatic carbocycles. The molecule has 5 heteroatoms. The van der Waals surface area contributed by atoms with E-state index in [1.165, 1.54) is 13.8 Å². The van der Waals surface area contributed by atoms with Gasteiger partial charge < -0.3 is 0 Å². The Balaban J connectivity index is 4.07. The van der Waals surface area contributed by atoms with Gasteiger partial charge in [-0.2, -0.15) is 8.42 Å². The Labute approximate surface area is 59.4 Å². The van der Waals surface area contributed by atoms with Gasteiger partial charge in [-0.05, 0) is 0 Å². The van der Waals surface area contributed by atoms with Crippen LogP contribution in [0, 0.1) is 5.92 Å². The molecule has 0 aromatic rings. The molecule has 0 aliphatic heterocycles. The molecule has 0 amide bonds. The lowest BCUT2D eigenvalue weighted by molar-refractivity contribution is -0.119. The normalized spacial score (nSPS) is 12.0. The van der Waals surface area contributed by atoms with Gasteiger partial charge in [0.05, 0.1) is 0 Å². The van der Waals surface area contributed by atoms with E-state index < -0.39 is 27.7 Å². The van der Waals surface area contributed by atoms with Crippen LogP contribution in [0.1, 0.15) is 13.8 Å². The Bertz CT molecular complexity index is 217. The van der Waals surface area contributed by atoms with Crippen molar-refractivity contribution in [2.75, 3.05) is 5.75 Å². The highest BCUT2D eigenvalue weighted by molar-refractivity contribution is 7.87. The molecule has 0 saturated heterocycles. The molecule has 3 nitrogen and oxygen atoms in total. The maximum atomic E-state index is 11.8. The highest BCUT2D eigenvalue weighted by atomic mass is 32.3. The average Bonchev–Trinajstić information content (AvgIpc) is 1.60. The van der Waals surface area contributed by atoms with Gasteiger partial charge in [-0.25, -0.2) is 0 Å². The van der Waals surface area contributed by atoms with E-state index in [-0.39, 0.29) is 0 Å². The van der Waals surface area contributed by atoms with Crippen LogP contribution in [0.2, 0.25) is 0 Å². The largest absolute Gasteiger partial charge is 0.309 e. The minimum Gasteiger partial charge on any atom is -0.298 e. The summed E-state index contributed by atoms with van der Waals surface area (Å²) in [7, 11) is -4.62. The molecule has 0 atom stereocenters. The summed E-state index contributed by atoms with van der Waals surface area (Å²) in [6, 6.07) is 0. The van der Waals surface area contributed by atoms with Crippen molar-refractivity contribution in [2.24, 2.45) is 5.92 Å². The van der Waals surface area contributed by atoms with Crippen LogP contribution in [0.3, 0.4) is 0 Å². The first-order valence-corrected chi connectivity index (χ1v) is 4.33. The lowest BCUT2D eigenvalue weighted by Gasteiger charge is -1.98. The van der Waals surface area contributed by atoms with Gasteiger partial charge >= 0.3 is 10.2 Å². The van der Waals surface area contributed by atoms with E-state index in [9.17, 15) is 17.1 Å². The van der Waals surface area contributed by atoms with E-state index in [1.807, 2.05) is 0 Å². The van der Waals surface area contributed by atoms with Crippen molar-refractivity contribution in [2.45, 2.75) is 13.8 Å². The monoisotopic (exact) mass is 168 g/mol. The fourth-order valence-corrected chi connectivity index (χ4v) is 1.01. The summed E-state index contributed by atoms with van der Waals surface area (Å²) in [6.07, 6.45) is 0. The van der Waals surface area contributed by atoms with Crippen LogP contribution in [0.4, 0.5) is 3.89 Å². The Morgan fingerprint density at radius 2 is 1.90 bits per heavy atom. The van der Waals surface area contributed by atoms with E-state index in [4.69, 9.17) is 0 Å². The Morgan fingerprint density at radius 3 is 2.00 bits per heavy atom. The molecule has 0 aliphatic rings. The molecular weight excluding hydrogens is 159 g/mol. The predicted octanol–water partition coefficient (Wildman–Crippen LogP) is 0.511. The van der Waals surface area contributed by atoms with Crippen LogP contribution < -0.4 is 0 Å². The van der Waals surface area contributed by atoms with Gasteiger partial charge in [0.25, 0.3) is 0 Å². The van der Waals surface area contributed by atoms with Crippen molar-refractivity contribution in [3.8, 4) is 0 Å². The first-order valence-electron chi connectivity index (χ1n) is 2.78. The Hall–Kier alpha value is -0.450. The number of ketones is 1. The molecule has 60 valence electrons. The van der Waals surface area contributed by atoms with Crippen molar-refractivity contribution in [3.63, 3.8) is 0 Å². The molecule has 0 aromatic carbocycles. The average molecular weight is 168 g/mol. The fourth-order valence-electron chi connectivity index (χ4n) is 0.337. The second-order valence-electron chi connectivity index (χ2n) is 2.30. The summed E-state index contributed by atoms with van der Waals surface area (Å²) in [5.74, 6) is -2.02. The van der Waals surface area contributed by atoms with Gasteiger partial charge in [0.2, 0.25) is 0 Å². The van der Waals surface area contributed by atoms with Crippen LogP contribution in [-0.2, 0) is 15.0 Å². The van der Waals surface area contributed by atoms with Crippen molar-refractivity contribution in [1.82, 2.24) is 0 Å². The number of rotatable bonds is 3. The van der Waals surface area contributed by atoms with Crippen LogP contribution in [0.25, 0.3) is 0 Å². The topological polar surface area (TPSA) is 51.2 Å². The molecular formula is C5H9FO3S. The van der Waals surface area contributed by atoms with E-state index in [0.717, 1.165) is 0 Å². The lowest BCUT2D eigenvalue weighted by atomic mass is 10.1. The zero-order valence-electron chi connectivity index (χ0n) is 5.80. The van der Waals surface area contributed by atoms with E-state index in [0.29, 0.717) is 0 Å². The summed E-state index contributed by atoms with van der Waals surface area (Å²) < 4.78 is 31.5. The van der Waals surface area contributed by atoms with E-state index in [1.54, 1.807) is 0 Å². The smallest absolute Gasteiger partial charge is 0.298 e. The third kappa shape index (κ3) is 4.43. The molecule has 0 fully saturated rings. The van der Waals surface area contributed by atoms with Crippen molar-refractivity contribution in [1.29, 1.82) is 0 Å². The van der Waals surface area contributed by atoms with Gasteiger partial charge in [0.1, 0.15) is 5.75 Å². The standard InChI is InChI=1S/C5H9FO3S/c1-4(2)5(7)3-10(6,8)9/h4H,3H2,1-2H3. The quantitative estimate of drug-likeness (QED) is 0.577. The molecule has 0 aromatic heterocycles. The minimum absolute atomic E-state index is 0.425. The fraction of sp³-hybridized carbons (Fsp3) is 0.800. The molecule has 0 saturated carbocycles. The second kappa shape index (κ2) is 3.09. The molecule has 0 rings (SSSR count). The maximum absolute atomic E-state index is 11.8. The van der Waals surface area contributed by atoms with E-state index in [2.05, 4.69) is 0 Å². The van der Waals surface area contributed by atoms with Crippen molar-refractivity contribution < 1.29 is 17.1 Å². The molecule has 0 N–H and O–H groups in total. The van der Waals surface area contributed by atoms with Gasteiger partial charge in [-0.1, -0.05) is 13.8 Å². The molecule has 10 heavy (non-hydrogen) atoms. The number of halogens is 1. The van der Waals surface area contributed by atoms with Crippen LogP contribution >= 0.6 is 0 Å². The maximum Gasteiger partial charge on any atom is 0.309 e. The minimum atomic E-state index is -4.62. The first kappa shape index (κ1) is 9.55. The molecule has 0 bridgehead atoms. The van der Waals surface area contributed by atoms with Crippen molar-refractivity contribution >= 4 is 16.0 Å². The number of hydrogen-bond donors (Lipinski definition) is 0. The summed E-state index contributed by atoms with van der Waals surface area (Å²) in [5.41, 5.74) is 0.